The van der Waals surface area contributed by atoms with Crippen LogP contribution in [0.3, 0.4) is 0 Å². The van der Waals surface area contributed by atoms with Crippen molar-refractivity contribution in [1.82, 2.24) is 19.9 Å². The van der Waals surface area contributed by atoms with Crippen LogP contribution in [0.4, 0.5) is 0 Å². The molecule has 1 atom stereocenters. The molecule has 150 valence electrons. The molecule has 1 saturated heterocycles. The first-order chi connectivity index (χ1) is 13.4. The molecular formula is C20H26N4O4. The predicted molar refractivity (Wildman–Crippen MR) is 103 cm³/mol. The maximum atomic E-state index is 13.0. The maximum absolute atomic E-state index is 13.0. The molecule has 1 aliphatic rings. The summed E-state index contributed by atoms with van der Waals surface area (Å²) in [4.78, 5) is 25.8. The normalized spacial score (nSPS) is 17.0. The average molecular weight is 386 g/mol. The van der Waals surface area contributed by atoms with Gasteiger partial charge in [0.25, 0.3) is 5.91 Å². The lowest BCUT2D eigenvalue weighted by Gasteiger charge is -2.30. The van der Waals surface area contributed by atoms with E-state index in [9.17, 15) is 14.7 Å². The van der Waals surface area contributed by atoms with Gasteiger partial charge in [0.15, 0.2) is 5.69 Å². The molecule has 3 rings (SSSR count). The Bertz CT molecular complexity index is 844. The van der Waals surface area contributed by atoms with Crippen molar-refractivity contribution in [3.8, 4) is 11.4 Å². The van der Waals surface area contributed by atoms with Crippen molar-refractivity contribution in [2.45, 2.75) is 46.1 Å². The van der Waals surface area contributed by atoms with Crippen molar-refractivity contribution < 1.29 is 19.4 Å². The number of piperidine rings is 1. The summed E-state index contributed by atoms with van der Waals surface area (Å²) in [5.74, 6) is -0.873. The summed E-state index contributed by atoms with van der Waals surface area (Å²) in [5.41, 5.74) is 1.79. The van der Waals surface area contributed by atoms with Gasteiger partial charge in [-0.2, -0.15) is 0 Å². The zero-order valence-electron chi connectivity index (χ0n) is 16.5. The summed E-state index contributed by atoms with van der Waals surface area (Å²) in [6.07, 6.45) is 1.94. The number of likely N-dealkylation sites (tertiary alicyclic amines) is 1. The first-order valence-corrected chi connectivity index (χ1v) is 9.64. The fraction of sp³-hybridized carbons (Fsp3) is 0.500. The Morgan fingerprint density at radius 3 is 2.61 bits per heavy atom. The molecule has 8 nitrogen and oxygen atoms in total. The Labute approximate surface area is 164 Å². The van der Waals surface area contributed by atoms with Crippen LogP contribution in [0.1, 0.15) is 49.8 Å². The molecule has 2 aromatic rings. The number of benzene rings is 1. The van der Waals surface area contributed by atoms with Gasteiger partial charge < -0.3 is 14.7 Å². The van der Waals surface area contributed by atoms with E-state index < -0.39 is 11.9 Å². The van der Waals surface area contributed by atoms with E-state index in [1.165, 1.54) is 0 Å². The van der Waals surface area contributed by atoms with Gasteiger partial charge in [0.2, 0.25) is 0 Å². The summed E-state index contributed by atoms with van der Waals surface area (Å²) in [5, 5.41) is 17.6. The van der Waals surface area contributed by atoms with Gasteiger partial charge in [0, 0.05) is 13.1 Å². The Balaban J connectivity index is 1.83. The molecule has 2 heterocycles. The number of hydrogen-bond acceptors (Lipinski definition) is 5. The molecule has 1 N–H and O–H groups in total. The Kier molecular flexibility index (Phi) is 5.96. The van der Waals surface area contributed by atoms with Crippen LogP contribution in [0.5, 0.6) is 5.75 Å². The van der Waals surface area contributed by atoms with Crippen LogP contribution in [-0.2, 0) is 11.2 Å². The van der Waals surface area contributed by atoms with E-state index in [4.69, 9.17) is 4.74 Å². The molecule has 8 heteroatoms. The fourth-order valence-corrected chi connectivity index (χ4v) is 3.44. The van der Waals surface area contributed by atoms with Crippen LogP contribution in [-0.4, -0.2) is 56.1 Å². The SMILES string of the molecule is CCc1c(C(=O)N2CCC[C@H](C(=O)O)C2)nnn1-c1ccc(OC(C)C)cc1. The summed E-state index contributed by atoms with van der Waals surface area (Å²) in [6, 6.07) is 7.47. The van der Waals surface area contributed by atoms with Gasteiger partial charge in [0.05, 0.1) is 23.4 Å². The van der Waals surface area contributed by atoms with Crippen LogP contribution < -0.4 is 4.74 Å². The zero-order chi connectivity index (χ0) is 20.3. The van der Waals surface area contributed by atoms with Gasteiger partial charge in [-0.1, -0.05) is 12.1 Å². The number of hydrogen-bond donors (Lipinski definition) is 1. The van der Waals surface area contributed by atoms with Gasteiger partial charge in [-0.3, -0.25) is 9.59 Å². The van der Waals surface area contributed by atoms with Crippen LogP contribution in [0.25, 0.3) is 5.69 Å². The highest BCUT2D eigenvalue weighted by molar-refractivity contribution is 5.93. The molecule has 0 radical (unpaired) electrons. The van der Waals surface area contributed by atoms with Crippen LogP contribution >= 0.6 is 0 Å². The number of aromatic nitrogens is 3. The molecule has 1 aliphatic heterocycles. The van der Waals surface area contributed by atoms with Gasteiger partial charge in [-0.05, 0) is 57.4 Å². The van der Waals surface area contributed by atoms with Gasteiger partial charge in [0.1, 0.15) is 5.75 Å². The first kappa shape index (κ1) is 19.9. The second-order valence-corrected chi connectivity index (χ2v) is 7.24. The van der Waals surface area contributed by atoms with Gasteiger partial charge >= 0.3 is 5.97 Å². The van der Waals surface area contributed by atoms with Crippen LogP contribution in [0, 0.1) is 5.92 Å². The van der Waals surface area contributed by atoms with E-state index in [0.717, 1.165) is 11.4 Å². The molecule has 0 spiro atoms. The quantitative estimate of drug-likeness (QED) is 0.819. The number of carbonyl (C=O) groups is 2. The first-order valence-electron chi connectivity index (χ1n) is 9.64. The highest BCUT2D eigenvalue weighted by Gasteiger charge is 2.31. The monoisotopic (exact) mass is 386 g/mol. The van der Waals surface area contributed by atoms with Gasteiger partial charge in [-0.25, -0.2) is 4.68 Å². The van der Waals surface area contributed by atoms with Crippen LogP contribution in [0.2, 0.25) is 0 Å². The standard InChI is InChI=1S/C20H26N4O4/c1-4-17-18(19(25)23-11-5-6-14(12-23)20(26)27)21-22-24(17)15-7-9-16(10-8-15)28-13(2)3/h7-10,13-14H,4-6,11-12H2,1-3H3,(H,26,27)/t14-/m0/s1. The molecule has 0 bridgehead atoms. The number of aliphatic carboxylic acids is 1. The molecular weight excluding hydrogens is 360 g/mol. The largest absolute Gasteiger partial charge is 0.491 e. The van der Waals surface area contributed by atoms with Crippen molar-refractivity contribution in [3.63, 3.8) is 0 Å². The molecule has 0 saturated carbocycles. The third kappa shape index (κ3) is 4.16. The van der Waals surface area contributed by atoms with Crippen molar-refractivity contribution in [1.29, 1.82) is 0 Å². The highest BCUT2D eigenvalue weighted by atomic mass is 16.5. The van der Waals surface area contributed by atoms with E-state index in [1.54, 1.807) is 9.58 Å². The summed E-state index contributed by atoms with van der Waals surface area (Å²) in [7, 11) is 0. The number of ether oxygens (including phenoxy) is 1. The molecule has 1 aromatic carbocycles. The lowest BCUT2D eigenvalue weighted by atomic mass is 9.98. The lowest BCUT2D eigenvalue weighted by Crippen LogP contribution is -2.42. The van der Waals surface area contributed by atoms with E-state index in [1.807, 2.05) is 45.0 Å². The molecule has 0 unspecified atom stereocenters. The van der Waals surface area contributed by atoms with Crippen molar-refractivity contribution in [3.05, 3.63) is 35.7 Å². The average Bonchev–Trinajstić information content (AvgIpc) is 3.11. The third-order valence-corrected chi connectivity index (χ3v) is 4.81. The molecule has 1 fully saturated rings. The highest BCUT2D eigenvalue weighted by Crippen LogP contribution is 2.22. The van der Waals surface area contributed by atoms with Crippen molar-refractivity contribution >= 4 is 11.9 Å². The summed E-state index contributed by atoms with van der Waals surface area (Å²) >= 11 is 0. The van der Waals surface area contributed by atoms with E-state index in [0.29, 0.717) is 31.5 Å². The minimum absolute atomic E-state index is 0.0896. The number of amides is 1. The predicted octanol–water partition coefficient (Wildman–Crippen LogP) is 2.55. The number of carboxylic acids is 1. The Morgan fingerprint density at radius 1 is 1.29 bits per heavy atom. The zero-order valence-corrected chi connectivity index (χ0v) is 16.5. The van der Waals surface area contributed by atoms with Gasteiger partial charge in [-0.15, -0.1) is 5.10 Å². The molecule has 0 aliphatic carbocycles. The second kappa shape index (κ2) is 8.41. The van der Waals surface area contributed by atoms with Crippen molar-refractivity contribution in [2.75, 3.05) is 13.1 Å². The Morgan fingerprint density at radius 2 is 2.00 bits per heavy atom. The minimum atomic E-state index is -0.861. The van der Waals surface area contributed by atoms with Crippen LogP contribution in [0.15, 0.2) is 24.3 Å². The second-order valence-electron chi connectivity index (χ2n) is 7.24. The van der Waals surface area contributed by atoms with Crippen molar-refractivity contribution in [2.24, 2.45) is 5.92 Å². The van der Waals surface area contributed by atoms with E-state index in [-0.39, 0.29) is 24.2 Å². The minimum Gasteiger partial charge on any atom is -0.491 e. The fourth-order valence-electron chi connectivity index (χ4n) is 3.44. The maximum Gasteiger partial charge on any atom is 0.308 e. The van der Waals surface area contributed by atoms with E-state index in [2.05, 4.69) is 10.3 Å². The Hall–Kier alpha value is -2.90. The van der Waals surface area contributed by atoms with E-state index >= 15 is 0 Å². The number of carboxylic acid groups (broad SMARTS) is 1. The topological polar surface area (TPSA) is 97.5 Å². The third-order valence-electron chi connectivity index (χ3n) is 4.81. The summed E-state index contributed by atoms with van der Waals surface area (Å²) < 4.78 is 7.32. The smallest absolute Gasteiger partial charge is 0.308 e. The summed E-state index contributed by atoms with van der Waals surface area (Å²) in [6.45, 7) is 6.63. The molecule has 1 amide bonds. The number of rotatable bonds is 6. The number of carbonyl (C=O) groups excluding carboxylic acids is 1. The molecule has 28 heavy (non-hydrogen) atoms. The molecule has 1 aromatic heterocycles. The number of nitrogens with zero attached hydrogens (tertiary/aromatic N) is 4. The lowest BCUT2D eigenvalue weighted by molar-refractivity contribution is -0.143.